The van der Waals surface area contributed by atoms with Crippen LogP contribution >= 0.6 is 7.14 Å². The lowest BCUT2D eigenvalue weighted by Gasteiger charge is -2.16. The van der Waals surface area contributed by atoms with Gasteiger partial charge in [-0.1, -0.05) is 12.8 Å². The molecule has 0 spiro atoms. The summed E-state index contributed by atoms with van der Waals surface area (Å²) in [5.74, 6) is 0. The monoisotopic (exact) mass is 186 g/mol. The van der Waals surface area contributed by atoms with Crippen LogP contribution in [0.25, 0.3) is 0 Å². The van der Waals surface area contributed by atoms with Gasteiger partial charge < -0.3 is 9.30 Å². The van der Waals surface area contributed by atoms with Gasteiger partial charge in [0.2, 0.25) is 0 Å². The van der Waals surface area contributed by atoms with Crippen LogP contribution in [0, 0.1) is 0 Å². The van der Waals surface area contributed by atoms with Crippen molar-refractivity contribution in [2.45, 2.75) is 36.9 Å². The van der Waals surface area contributed by atoms with E-state index in [1.54, 1.807) is 0 Å². The Kier molecular flexibility index (Phi) is 1.16. The molecule has 0 aromatic rings. The smallest absolute Gasteiger partial charge is 0.105 e. The number of hydrogen-bond acceptors (Lipinski definition) is 2. The lowest BCUT2D eigenvalue weighted by molar-refractivity contribution is 0.273. The molecule has 2 aliphatic heterocycles. The molecule has 68 valence electrons. The molecule has 0 aromatic heterocycles. The Balaban J connectivity index is 1.98. The van der Waals surface area contributed by atoms with E-state index in [4.69, 9.17) is 4.74 Å². The largest absolute Gasteiger partial charge is 0.362 e. The van der Waals surface area contributed by atoms with Gasteiger partial charge in [0, 0.05) is 12.3 Å². The van der Waals surface area contributed by atoms with Gasteiger partial charge in [0.05, 0.1) is 7.14 Å². The zero-order valence-corrected chi connectivity index (χ0v) is 8.40. The molecule has 0 unspecified atom stereocenters. The zero-order chi connectivity index (χ0) is 8.45. The van der Waals surface area contributed by atoms with Crippen LogP contribution < -0.4 is 0 Å². The van der Waals surface area contributed by atoms with E-state index >= 15 is 0 Å². The molecule has 3 rings (SSSR count). The van der Waals surface area contributed by atoms with E-state index in [9.17, 15) is 4.57 Å². The van der Waals surface area contributed by atoms with Crippen LogP contribution in [0.3, 0.4) is 0 Å². The van der Waals surface area contributed by atoms with Gasteiger partial charge >= 0.3 is 0 Å². The van der Waals surface area contributed by atoms with E-state index in [1.807, 2.05) is 6.66 Å². The van der Waals surface area contributed by atoms with Gasteiger partial charge in [-0.25, -0.2) is 0 Å². The van der Waals surface area contributed by atoms with Gasteiger partial charge in [0.25, 0.3) is 0 Å². The van der Waals surface area contributed by atoms with Crippen molar-refractivity contribution in [2.24, 2.45) is 0 Å². The minimum Gasteiger partial charge on any atom is -0.362 e. The molecule has 0 bridgehead atoms. The van der Waals surface area contributed by atoms with Gasteiger partial charge in [0.1, 0.15) is 11.2 Å². The third-order valence-corrected chi connectivity index (χ3v) is 6.13. The second-order valence-electron chi connectivity index (χ2n) is 4.91. The number of epoxide rings is 1. The van der Waals surface area contributed by atoms with Crippen LogP contribution in [-0.4, -0.2) is 30.2 Å². The molecule has 12 heavy (non-hydrogen) atoms. The van der Waals surface area contributed by atoms with Crippen molar-refractivity contribution in [3.05, 3.63) is 0 Å². The molecule has 0 amide bonds. The van der Waals surface area contributed by atoms with E-state index in [2.05, 4.69) is 0 Å². The molecule has 3 aliphatic rings. The first kappa shape index (κ1) is 7.58. The average molecular weight is 186 g/mol. The maximum absolute atomic E-state index is 11.9. The summed E-state index contributed by atoms with van der Waals surface area (Å²) in [5, 5.41) is 0. The zero-order valence-electron chi connectivity index (χ0n) is 7.51. The maximum Gasteiger partial charge on any atom is 0.105 e. The molecule has 3 heteroatoms. The SMILES string of the molecule is CP1(=O)C[C@@]23CCCC[C@@]2(C1)O3. The molecule has 2 heterocycles. The summed E-state index contributed by atoms with van der Waals surface area (Å²) in [4.78, 5) is 0. The van der Waals surface area contributed by atoms with Crippen LogP contribution in [0.5, 0.6) is 0 Å². The Bertz CT molecular complexity index is 256. The highest BCUT2D eigenvalue weighted by molar-refractivity contribution is 7.63. The molecule has 0 aromatic carbocycles. The van der Waals surface area contributed by atoms with Crippen LogP contribution in [0.4, 0.5) is 0 Å². The van der Waals surface area contributed by atoms with Gasteiger partial charge in [-0.05, 0) is 19.5 Å². The quantitative estimate of drug-likeness (QED) is 0.428. The third-order valence-electron chi connectivity index (χ3n) is 3.77. The maximum atomic E-state index is 11.9. The molecule has 2 saturated heterocycles. The highest BCUT2D eigenvalue weighted by atomic mass is 31.2. The summed E-state index contributed by atoms with van der Waals surface area (Å²) in [7, 11) is -1.80. The van der Waals surface area contributed by atoms with Crippen molar-refractivity contribution < 1.29 is 9.30 Å². The summed E-state index contributed by atoms with van der Waals surface area (Å²) < 4.78 is 17.8. The van der Waals surface area contributed by atoms with Gasteiger partial charge in [0.15, 0.2) is 0 Å². The topological polar surface area (TPSA) is 29.6 Å². The first-order chi connectivity index (χ1) is 5.58. The van der Waals surface area contributed by atoms with Gasteiger partial charge in [-0.3, -0.25) is 0 Å². The Hall–Kier alpha value is 0.190. The summed E-state index contributed by atoms with van der Waals surface area (Å²) in [6.45, 7) is 1.96. The van der Waals surface area contributed by atoms with Crippen LogP contribution in [-0.2, 0) is 9.30 Å². The summed E-state index contributed by atoms with van der Waals surface area (Å²) in [5.41, 5.74) is 0.213. The van der Waals surface area contributed by atoms with E-state index in [-0.39, 0.29) is 11.2 Å². The predicted molar refractivity (Wildman–Crippen MR) is 48.3 cm³/mol. The Morgan fingerprint density at radius 3 is 2.17 bits per heavy atom. The predicted octanol–water partition coefficient (Wildman–Crippen LogP) is 2.07. The van der Waals surface area contributed by atoms with E-state index in [0.717, 1.165) is 12.3 Å². The molecular formula is C9H15O2P. The number of ether oxygens (including phenoxy) is 1. The van der Waals surface area contributed by atoms with Crippen molar-refractivity contribution in [3.8, 4) is 0 Å². The second-order valence-corrected chi connectivity index (χ2v) is 8.14. The Labute approximate surface area is 73.0 Å². The summed E-state index contributed by atoms with van der Waals surface area (Å²) >= 11 is 0. The first-order valence-electron chi connectivity index (χ1n) is 4.83. The van der Waals surface area contributed by atoms with Gasteiger partial charge in [-0.2, -0.15) is 0 Å². The minimum atomic E-state index is -1.80. The molecular weight excluding hydrogens is 171 g/mol. The third kappa shape index (κ3) is 0.736. The molecule has 3 fully saturated rings. The first-order valence-corrected chi connectivity index (χ1v) is 7.36. The molecule has 1 aliphatic carbocycles. The van der Waals surface area contributed by atoms with Crippen LogP contribution in [0.2, 0.25) is 0 Å². The highest BCUT2D eigenvalue weighted by Gasteiger charge is 2.76. The number of rotatable bonds is 0. The molecule has 2 atom stereocenters. The fourth-order valence-electron chi connectivity index (χ4n) is 3.37. The molecule has 1 saturated carbocycles. The van der Waals surface area contributed by atoms with Gasteiger partial charge in [-0.15, -0.1) is 0 Å². The van der Waals surface area contributed by atoms with E-state index in [0.29, 0.717) is 0 Å². The van der Waals surface area contributed by atoms with Crippen LogP contribution in [0.1, 0.15) is 25.7 Å². The van der Waals surface area contributed by atoms with Crippen molar-refractivity contribution >= 4 is 7.14 Å². The number of hydrogen-bond donors (Lipinski definition) is 0. The van der Waals surface area contributed by atoms with Crippen molar-refractivity contribution in [1.82, 2.24) is 0 Å². The van der Waals surface area contributed by atoms with Crippen molar-refractivity contribution in [2.75, 3.05) is 19.0 Å². The lowest BCUT2D eigenvalue weighted by atomic mass is 9.82. The fraction of sp³-hybridized carbons (Fsp3) is 1.00. The summed E-state index contributed by atoms with van der Waals surface area (Å²) in [6, 6.07) is 0. The standard InChI is InChI=1S/C9H15O2P/c1-12(10)6-8-4-2-3-5-9(8,7-12)11-8/h2-7H2,1H3/t8-,9-/m0/s1. The minimum absolute atomic E-state index is 0.107. The normalized spacial score (nSPS) is 54.4. The highest BCUT2D eigenvalue weighted by Crippen LogP contribution is 2.73. The average Bonchev–Trinajstić information content (AvgIpc) is 2.45. The Morgan fingerprint density at radius 2 is 1.67 bits per heavy atom. The Morgan fingerprint density at radius 1 is 1.17 bits per heavy atom. The summed E-state index contributed by atoms with van der Waals surface area (Å²) in [6.07, 6.45) is 6.65. The molecule has 2 nitrogen and oxygen atoms in total. The van der Waals surface area contributed by atoms with E-state index < -0.39 is 7.14 Å². The van der Waals surface area contributed by atoms with Crippen molar-refractivity contribution in [1.29, 1.82) is 0 Å². The van der Waals surface area contributed by atoms with Crippen LogP contribution in [0.15, 0.2) is 0 Å². The van der Waals surface area contributed by atoms with E-state index in [1.165, 1.54) is 25.7 Å². The fourth-order valence-corrected chi connectivity index (χ4v) is 6.67. The molecule has 0 N–H and O–H groups in total. The lowest BCUT2D eigenvalue weighted by Crippen LogP contribution is -2.27. The molecule has 0 radical (unpaired) electrons. The van der Waals surface area contributed by atoms with Crippen molar-refractivity contribution in [3.63, 3.8) is 0 Å². The second kappa shape index (κ2) is 1.83.